The summed E-state index contributed by atoms with van der Waals surface area (Å²) in [5.74, 6) is 0.536. The third kappa shape index (κ3) is 3.89. The molecule has 2 aromatic carbocycles. The van der Waals surface area contributed by atoms with E-state index in [4.69, 9.17) is 18.9 Å². The summed E-state index contributed by atoms with van der Waals surface area (Å²) in [5.41, 5.74) is -3.70. The van der Waals surface area contributed by atoms with Gasteiger partial charge >= 0.3 is 6.18 Å². The van der Waals surface area contributed by atoms with E-state index in [1.165, 1.54) is 45.1 Å². The van der Waals surface area contributed by atoms with Crippen molar-refractivity contribution in [2.24, 2.45) is 0 Å². The first kappa shape index (κ1) is 25.5. The van der Waals surface area contributed by atoms with E-state index in [9.17, 15) is 23.1 Å². The lowest BCUT2D eigenvalue weighted by atomic mass is 9.92. The van der Waals surface area contributed by atoms with Crippen LogP contribution in [0.4, 0.5) is 13.2 Å². The Morgan fingerprint density at radius 3 is 2.03 bits per heavy atom. The van der Waals surface area contributed by atoms with Crippen molar-refractivity contribution < 1.29 is 37.2 Å². The monoisotopic (exact) mass is 483 g/mol. The van der Waals surface area contributed by atoms with Gasteiger partial charge in [-0.2, -0.15) is 13.2 Å². The van der Waals surface area contributed by atoms with Crippen LogP contribution >= 0.6 is 0 Å². The predicted octanol–water partition coefficient (Wildman–Crippen LogP) is 4.76. The molecule has 3 aromatic rings. The number of hydrogen-bond donors (Lipinski definition) is 1. The smallest absolute Gasteiger partial charge is 0.421 e. The molecule has 1 aromatic heterocycles. The van der Waals surface area contributed by atoms with Crippen molar-refractivity contribution in [1.82, 2.24) is 4.57 Å². The molecule has 0 aliphatic rings. The highest BCUT2D eigenvalue weighted by atomic mass is 19.4. The zero-order chi connectivity index (χ0) is 25.4. The molecule has 10 heteroatoms. The number of rotatable bonds is 8. The first-order chi connectivity index (χ1) is 16.0. The number of nitrogens with zero attached hydrogens (tertiary/aromatic N) is 1. The molecule has 0 amide bonds. The molecule has 1 heterocycles. The molecule has 3 rings (SSSR count). The number of pyridine rings is 1. The molecule has 0 bridgehead atoms. The van der Waals surface area contributed by atoms with Gasteiger partial charge in [0, 0.05) is 17.3 Å². The second-order valence-corrected chi connectivity index (χ2v) is 8.02. The van der Waals surface area contributed by atoms with Gasteiger partial charge in [-0.1, -0.05) is 13.3 Å². The van der Waals surface area contributed by atoms with Gasteiger partial charge in [0.05, 0.1) is 39.3 Å². The summed E-state index contributed by atoms with van der Waals surface area (Å²) in [7, 11) is 5.45. The van der Waals surface area contributed by atoms with Gasteiger partial charge in [-0.15, -0.1) is 0 Å². The lowest BCUT2D eigenvalue weighted by molar-refractivity contribution is -0.258. The number of benzene rings is 2. The minimum Gasteiger partial charge on any atom is -0.495 e. The first-order valence-corrected chi connectivity index (χ1v) is 10.6. The van der Waals surface area contributed by atoms with E-state index in [2.05, 4.69) is 0 Å². The van der Waals surface area contributed by atoms with Crippen molar-refractivity contribution in [3.63, 3.8) is 0 Å². The Hall–Kier alpha value is -3.14. The van der Waals surface area contributed by atoms with Crippen LogP contribution < -0.4 is 24.5 Å². The van der Waals surface area contributed by atoms with Crippen LogP contribution in [0.1, 0.15) is 32.3 Å². The Morgan fingerprint density at radius 2 is 1.53 bits per heavy atom. The van der Waals surface area contributed by atoms with Crippen LogP contribution in [0.15, 0.2) is 23.0 Å². The largest absolute Gasteiger partial charge is 0.495 e. The number of fused-ring (bicyclic) bond motifs is 3. The van der Waals surface area contributed by atoms with Crippen molar-refractivity contribution >= 4 is 21.7 Å². The number of aliphatic hydroxyl groups is 1. The molecule has 1 N–H and O–H groups in total. The Morgan fingerprint density at radius 1 is 0.912 bits per heavy atom. The molecular formula is C24H28F3NO6. The number of ether oxygens (including phenoxy) is 4. The van der Waals surface area contributed by atoms with E-state index < -0.39 is 22.9 Å². The topological polar surface area (TPSA) is 79.2 Å². The summed E-state index contributed by atoms with van der Waals surface area (Å²) in [6.07, 6.45) is -3.53. The summed E-state index contributed by atoms with van der Waals surface area (Å²) in [5, 5.41) is 11.1. The molecule has 34 heavy (non-hydrogen) atoms. The molecule has 0 saturated heterocycles. The number of unbranched alkanes of at least 4 members (excludes halogenated alkanes) is 1. The number of methoxy groups -OCH3 is 4. The molecule has 186 valence electrons. The molecular weight excluding hydrogens is 455 g/mol. The van der Waals surface area contributed by atoms with Crippen molar-refractivity contribution in [3.05, 3.63) is 34.1 Å². The van der Waals surface area contributed by atoms with Crippen LogP contribution in [-0.4, -0.2) is 44.3 Å². The van der Waals surface area contributed by atoms with Gasteiger partial charge in [0.2, 0.25) is 5.75 Å². The van der Waals surface area contributed by atoms with Crippen LogP contribution in [0.2, 0.25) is 0 Å². The van der Waals surface area contributed by atoms with Crippen LogP contribution in [0.25, 0.3) is 21.7 Å². The highest BCUT2D eigenvalue weighted by Gasteiger charge is 2.51. The van der Waals surface area contributed by atoms with Gasteiger partial charge in [-0.05, 0) is 37.1 Å². The molecule has 0 saturated carbocycles. The maximum atomic E-state index is 13.7. The second-order valence-electron chi connectivity index (χ2n) is 8.02. The zero-order valence-electron chi connectivity index (χ0n) is 19.9. The molecule has 0 spiro atoms. The first-order valence-electron chi connectivity index (χ1n) is 10.6. The van der Waals surface area contributed by atoms with Gasteiger partial charge in [-0.25, -0.2) is 0 Å². The molecule has 0 fully saturated rings. The Balaban J connectivity index is 2.66. The average Bonchev–Trinajstić information content (AvgIpc) is 2.80. The van der Waals surface area contributed by atoms with E-state index in [-0.39, 0.29) is 39.2 Å². The molecule has 1 atom stereocenters. The van der Waals surface area contributed by atoms with Gasteiger partial charge in [-0.3, -0.25) is 4.79 Å². The third-order valence-corrected chi connectivity index (χ3v) is 5.99. The summed E-state index contributed by atoms with van der Waals surface area (Å²) < 4.78 is 64.4. The Kier molecular flexibility index (Phi) is 6.93. The second kappa shape index (κ2) is 9.25. The van der Waals surface area contributed by atoms with E-state index in [1.54, 1.807) is 0 Å². The minimum atomic E-state index is -4.95. The van der Waals surface area contributed by atoms with E-state index in [1.807, 2.05) is 6.92 Å². The van der Waals surface area contributed by atoms with Crippen molar-refractivity contribution in [3.8, 4) is 23.0 Å². The average molecular weight is 483 g/mol. The molecule has 1 unspecified atom stereocenters. The zero-order valence-corrected chi connectivity index (χ0v) is 19.9. The fourth-order valence-electron chi connectivity index (χ4n) is 4.04. The van der Waals surface area contributed by atoms with Crippen molar-refractivity contribution in [2.45, 2.75) is 45.0 Å². The number of hydrogen-bond acceptors (Lipinski definition) is 6. The molecule has 0 aliphatic heterocycles. The highest BCUT2D eigenvalue weighted by Crippen LogP contribution is 2.47. The van der Waals surface area contributed by atoms with Crippen LogP contribution in [0.5, 0.6) is 23.0 Å². The standard InChI is InChI=1S/C24H28F3NO6/c1-7-8-9-28-19-15(10-13(11-16(19)31-3)23(2,30)24(25,26)27)14-12-17(32-4)20(33-5)21(34-6)18(14)22(28)29/h10-12,30H,7-9H2,1-6H3. The Labute approximate surface area is 194 Å². The molecule has 0 aliphatic carbocycles. The summed E-state index contributed by atoms with van der Waals surface area (Å²) in [6.45, 7) is 2.93. The highest BCUT2D eigenvalue weighted by molar-refractivity contribution is 6.11. The predicted molar refractivity (Wildman–Crippen MR) is 122 cm³/mol. The van der Waals surface area contributed by atoms with Crippen LogP contribution in [-0.2, 0) is 12.1 Å². The molecule has 7 nitrogen and oxygen atoms in total. The van der Waals surface area contributed by atoms with E-state index >= 15 is 0 Å². The number of aromatic nitrogens is 1. The van der Waals surface area contributed by atoms with Crippen molar-refractivity contribution in [2.75, 3.05) is 28.4 Å². The van der Waals surface area contributed by atoms with E-state index in [0.29, 0.717) is 25.4 Å². The lowest BCUT2D eigenvalue weighted by Gasteiger charge is -2.28. The van der Waals surface area contributed by atoms with E-state index in [0.717, 1.165) is 12.5 Å². The summed E-state index contributed by atoms with van der Waals surface area (Å²) >= 11 is 0. The quantitative estimate of drug-likeness (QED) is 0.466. The third-order valence-electron chi connectivity index (χ3n) is 5.99. The van der Waals surface area contributed by atoms with Crippen LogP contribution in [0, 0.1) is 0 Å². The van der Waals surface area contributed by atoms with Gasteiger partial charge in [0.15, 0.2) is 17.1 Å². The van der Waals surface area contributed by atoms with Gasteiger partial charge in [0.1, 0.15) is 5.75 Å². The number of alkyl halides is 3. The normalized spacial score (nSPS) is 13.7. The molecule has 0 radical (unpaired) electrons. The lowest BCUT2D eigenvalue weighted by Crippen LogP contribution is -2.39. The fraction of sp³-hybridized carbons (Fsp3) is 0.458. The number of aryl methyl sites for hydroxylation is 1. The summed E-state index contributed by atoms with van der Waals surface area (Å²) in [4.78, 5) is 13.7. The van der Waals surface area contributed by atoms with Gasteiger partial charge < -0.3 is 28.6 Å². The minimum absolute atomic E-state index is 0.0286. The Bertz CT molecular complexity index is 1280. The van der Waals surface area contributed by atoms with Crippen molar-refractivity contribution in [1.29, 1.82) is 0 Å². The maximum Gasteiger partial charge on any atom is 0.421 e. The van der Waals surface area contributed by atoms with Gasteiger partial charge in [0.25, 0.3) is 5.56 Å². The summed E-state index contributed by atoms with van der Waals surface area (Å²) in [6, 6.07) is 3.85. The maximum absolute atomic E-state index is 13.7. The van der Waals surface area contributed by atoms with Crippen LogP contribution in [0.3, 0.4) is 0 Å². The fourth-order valence-corrected chi connectivity index (χ4v) is 4.04. The number of halogens is 3. The SMILES string of the molecule is CCCCn1c(=O)c2c(OC)c(OC)c(OC)cc2c2cc(C(C)(O)C(F)(F)F)cc(OC)c21.